The molecule has 0 aromatic heterocycles. The Balaban J connectivity index is 1.87. The lowest BCUT2D eigenvalue weighted by atomic mass is 10.2. The van der Waals surface area contributed by atoms with Crippen LogP contribution in [0.5, 0.6) is 5.75 Å². The first kappa shape index (κ1) is 12.5. The molecule has 1 fully saturated rings. The second kappa shape index (κ2) is 5.61. The zero-order valence-electron chi connectivity index (χ0n) is 10.2. The Morgan fingerprint density at radius 1 is 1.35 bits per heavy atom. The van der Waals surface area contributed by atoms with Crippen molar-refractivity contribution in [3.63, 3.8) is 0 Å². The molecule has 1 aromatic rings. The monoisotopic (exact) mass is 254 g/mol. The van der Waals surface area contributed by atoms with Gasteiger partial charge in [0.2, 0.25) is 0 Å². The first-order chi connectivity index (χ1) is 8.16. The summed E-state index contributed by atoms with van der Waals surface area (Å²) in [7, 11) is 0. The molecule has 1 heterocycles. The third kappa shape index (κ3) is 3.27. The minimum atomic E-state index is 0.660. The first-order valence-corrected chi connectivity index (χ1v) is 6.45. The van der Waals surface area contributed by atoms with E-state index in [0.29, 0.717) is 23.1 Å². The van der Waals surface area contributed by atoms with Crippen molar-refractivity contribution in [2.75, 3.05) is 32.0 Å². The SMILES string of the molecule is Cc1cc(N)c(OCCN2CCCC2)cc1Cl. The number of anilines is 1. The highest BCUT2D eigenvalue weighted by molar-refractivity contribution is 6.31. The standard InChI is InChI=1S/C13H19ClN2O/c1-10-8-12(15)13(9-11(10)14)17-7-6-16-4-2-3-5-16/h8-9H,2-7,15H2,1H3. The molecular formula is C13H19ClN2O. The van der Waals surface area contributed by atoms with Gasteiger partial charge in [0.05, 0.1) is 5.69 Å². The normalized spacial score (nSPS) is 16.4. The number of halogens is 1. The van der Waals surface area contributed by atoms with E-state index < -0.39 is 0 Å². The highest BCUT2D eigenvalue weighted by Gasteiger charge is 2.11. The van der Waals surface area contributed by atoms with Gasteiger partial charge in [-0.05, 0) is 44.5 Å². The third-order valence-electron chi connectivity index (χ3n) is 3.15. The summed E-state index contributed by atoms with van der Waals surface area (Å²) >= 11 is 6.05. The van der Waals surface area contributed by atoms with Crippen LogP contribution in [0.25, 0.3) is 0 Å². The molecule has 0 saturated carbocycles. The number of rotatable bonds is 4. The molecule has 1 aromatic carbocycles. The van der Waals surface area contributed by atoms with Gasteiger partial charge in [-0.15, -0.1) is 0 Å². The number of nitrogens with zero attached hydrogens (tertiary/aromatic N) is 1. The fourth-order valence-electron chi connectivity index (χ4n) is 2.10. The summed E-state index contributed by atoms with van der Waals surface area (Å²) in [6.45, 7) is 5.95. The van der Waals surface area contributed by atoms with Gasteiger partial charge in [0.15, 0.2) is 0 Å². The van der Waals surface area contributed by atoms with Gasteiger partial charge in [-0.1, -0.05) is 11.6 Å². The average Bonchev–Trinajstić information content (AvgIpc) is 2.78. The average molecular weight is 255 g/mol. The molecule has 0 aliphatic carbocycles. The molecule has 0 atom stereocenters. The molecule has 0 radical (unpaired) electrons. The summed E-state index contributed by atoms with van der Waals surface area (Å²) in [6, 6.07) is 3.66. The van der Waals surface area contributed by atoms with Crippen LogP contribution in [0.1, 0.15) is 18.4 Å². The highest BCUT2D eigenvalue weighted by Crippen LogP contribution is 2.28. The number of nitrogen functional groups attached to an aromatic ring is 1. The predicted octanol–water partition coefficient (Wildman–Crippen LogP) is 2.71. The van der Waals surface area contributed by atoms with Crippen molar-refractivity contribution >= 4 is 17.3 Å². The second-order valence-electron chi connectivity index (χ2n) is 4.54. The van der Waals surface area contributed by atoms with Crippen LogP contribution in [-0.4, -0.2) is 31.1 Å². The molecule has 94 valence electrons. The second-order valence-corrected chi connectivity index (χ2v) is 4.94. The van der Waals surface area contributed by atoms with E-state index in [-0.39, 0.29) is 0 Å². The summed E-state index contributed by atoms with van der Waals surface area (Å²) in [5, 5.41) is 0.704. The molecule has 1 saturated heterocycles. The summed E-state index contributed by atoms with van der Waals surface area (Å²) in [4.78, 5) is 2.41. The zero-order chi connectivity index (χ0) is 12.3. The molecule has 0 amide bonds. The molecule has 4 heteroatoms. The van der Waals surface area contributed by atoms with E-state index in [1.807, 2.05) is 13.0 Å². The number of benzene rings is 1. The van der Waals surface area contributed by atoms with Gasteiger partial charge in [0, 0.05) is 17.6 Å². The van der Waals surface area contributed by atoms with Crippen LogP contribution in [0, 0.1) is 6.92 Å². The van der Waals surface area contributed by atoms with E-state index in [2.05, 4.69) is 4.90 Å². The van der Waals surface area contributed by atoms with E-state index in [4.69, 9.17) is 22.1 Å². The van der Waals surface area contributed by atoms with Crippen LogP contribution in [-0.2, 0) is 0 Å². The molecule has 0 unspecified atom stereocenters. The highest BCUT2D eigenvalue weighted by atomic mass is 35.5. The maximum atomic E-state index is 6.05. The lowest BCUT2D eigenvalue weighted by Gasteiger charge is -2.16. The van der Waals surface area contributed by atoms with E-state index >= 15 is 0 Å². The van der Waals surface area contributed by atoms with Crippen molar-refractivity contribution < 1.29 is 4.74 Å². The molecule has 1 aliphatic heterocycles. The number of likely N-dealkylation sites (tertiary alicyclic amines) is 1. The topological polar surface area (TPSA) is 38.5 Å². The van der Waals surface area contributed by atoms with Gasteiger partial charge >= 0.3 is 0 Å². The fourth-order valence-corrected chi connectivity index (χ4v) is 2.26. The third-order valence-corrected chi connectivity index (χ3v) is 3.56. The van der Waals surface area contributed by atoms with Crippen molar-refractivity contribution in [2.24, 2.45) is 0 Å². The number of hydrogen-bond acceptors (Lipinski definition) is 3. The van der Waals surface area contributed by atoms with Gasteiger partial charge in [-0.25, -0.2) is 0 Å². The minimum absolute atomic E-state index is 0.660. The van der Waals surface area contributed by atoms with Gasteiger partial charge in [-0.2, -0.15) is 0 Å². The Hall–Kier alpha value is -0.930. The van der Waals surface area contributed by atoms with Crippen LogP contribution in [0.15, 0.2) is 12.1 Å². The number of nitrogens with two attached hydrogens (primary N) is 1. The van der Waals surface area contributed by atoms with E-state index in [0.717, 1.165) is 12.1 Å². The molecule has 1 aliphatic rings. The lowest BCUT2D eigenvalue weighted by molar-refractivity contribution is 0.238. The largest absolute Gasteiger partial charge is 0.490 e. The minimum Gasteiger partial charge on any atom is -0.490 e. The van der Waals surface area contributed by atoms with Crippen LogP contribution >= 0.6 is 11.6 Å². The van der Waals surface area contributed by atoms with Gasteiger partial charge in [-0.3, -0.25) is 4.90 Å². The van der Waals surface area contributed by atoms with Gasteiger partial charge < -0.3 is 10.5 Å². The predicted molar refractivity (Wildman–Crippen MR) is 71.8 cm³/mol. The van der Waals surface area contributed by atoms with Crippen molar-refractivity contribution in [1.82, 2.24) is 4.90 Å². The Morgan fingerprint density at radius 2 is 2.06 bits per heavy atom. The van der Waals surface area contributed by atoms with Crippen molar-refractivity contribution in [1.29, 1.82) is 0 Å². The number of ether oxygens (including phenoxy) is 1. The van der Waals surface area contributed by atoms with Crippen LogP contribution in [0.4, 0.5) is 5.69 Å². The number of hydrogen-bond donors (Lipinski definition) is 1. The smallest absolute Gasteiger partial charge is 0.143 e. The summed E-state index contributed by atoms with van der Waals surface area (Å²) in [6.07, 6.45) is 2.61. The van der Waals surface area contributed by atoms with E-state index in [1.54, 1.807) is 6.07 Å². The van der Waals surface area contributed by atoms with Gasteiger partial charge in [0.1, 0.15) is 12.4 Å². The lowest BCUT2D eigenvalue weighted by Crippen LogP contribution is -2.25. The van der Waals surface area contributed by atoms with Gasteiger partial charge in [0.25, 0.3) is 0 Å². The van der Waals surface area contributed by atoms with Crippen molar-refractivity contribution in [2.45, 2.75) is 19.8 Å². The summed E-state index contributed by atoms with van der Waals surface area (Å²) in [5.41, 5.74) is 7.53. The molecule has 2 rings (SSSR count). The first-order valence-electron chi connectivity index (χ1n) is 6.07. The summed E-state index contributed by atoms with van der Waals surface area (Å²) in [5.74, 6) is 0.694. The Bertz CT molecular complexity index is 389. The Labute approximate surface area is 107 Å². The van der Waals surface area contributed by atoms with Crippen LogP contribution in [0.2, 0.25) is 5.02 Å². The maximum absolute atomic E-state index is 6.05. The molecule has 0 bridgehead atoms. The number of aryl methyl sites for hydroxylation is 1. The molecule has 2 N–H and O–H groups in total. The van der Waals surface area contributed by atoms with Crippen LogP contribution in [0.3, 0.4) is 0 Å². The summed E-state index contributed by atoms with van der Waals surface area (Å²) < 4.78 is 5.68. The van der Waals surface area contributed by atoms with Crippen molar-refractivity contribution in [3.8, 4) is 5.75 Å². The Kier molecular flexibility index (Phi) is 4.13. The molecule has 17 heavy (non-hydrogen) atoms. The zero-order valence-corrected chi connectivity index (χ0v) is 11.0. The van der Waals surface area contributed by atoms with Crippen molar-refractivity contribution in [3.05, 3.63) is 22.7 Å². The molecular weight excluding hydrogens is 236 g/mol. The van der Waals surface area contributed by atoms with E-state index in [1.165, 1.54) is 25.9 Å². The maximum Gasteiger partial charge on any atom is 0.143 e. The fraction of sp³-hybridized carbons (Fsp3) is 0.538. The molecule has 3 nitrogen and oxygen atoms in total. The Morgan fingerprint density at radius 3 is 2.76 bits per heavy atom. The van der Waals surface area contributed by atoms with Crippen LogP contribution < -0.4 is 10.5 Å². The molecule has 0 spiro atoms. The quantitative estimate of drug-likeness (QED) is 0.840. The van der Waals surface area contributed by atoms with E-state index in [9.17, 15) is 0 Å².